The largest absolute Gasteiger partial charge is 0.478 e. The highest BCUT2D eigenvalue weighted by Gasteiger charge is 2.23. The van der Waals surface area contributed by atoms with Crippen molar-refractivity contribution in [3.8, 4) is 0 Å². The number of carbonyl (C=O) groups is 2. The van der Waals surface area contributed by atoms with Crippen LogP contribution >= 0.6 is 0 Å². The maximum Gasteiger partial charge on any atom is 0.335 e. The zero-order valence-electron chi connectivity index (χ0n) is 13.9. The van der Waals surface area contributed by atoms with E-state index in [1.165, 1.54) is 0 Å². The SMILES string of the molecule is CCN(CC)C(=O)N1CCN(Cc2cccc(C(=O)O)c2)CC1. The van der Waals surface area contributed by atoms with Crippen LogP contribution in [-0.2, 0) is 6.54 Å². The first-order chi connectivity index (χ1) is 11.0. The monoisotopic (exact) mass is 319 g/mol. The van der Waals surface area contributed by atoms with E-state index in [4.69, 9.17) is 5.11 Å². The van der Waals surface area contributed by atoms with Crippen LogP contribution < -0.4 is 0 Å². The Hall–Kier alpha value is -2.08. The van der Waals surface area contributed by atoms with Gasteiger partial charge in [0.1, 0.15) is 0 Å². The van der Waals surface area contributed by atoms with Crippen LogP contribution in [0.5, 0.6) is 0 Å². The number of hydrogen-bond acceptors (Lipinski definition) is 3. The number of benzene rings is 1. The van der Waals surface area contributed by atoms with Gasteiger partial charge in [0.15, 0.2) is 0 Å². The summed E-state index contributed by atoms with van der Waals surface area (Å²) >= 11 is 0. The number of amides is 2. The molecule has 0 spiro atoms. The van der Waals surface area contributed by atoms with Gasteiger partial charge in [-0.15, -0.1) is 0 Å². The molecule has 0 aliphatic carbocycles. The molecule has 2 rings (SSSR count). The van der Waals surface area contributed by atoms with E-state index in [-0.39, 0.29) is 6.03 Å². The van der Waals surface area contributed by atoms with Crippen molar-refractivity contribution < 1.29 is 14.7 Å². The van der Waals surface area contributed by atoms with Gasteiger partial charge in [0.05, 0.1) is 5.56 Å². The number of nitrogens with zero attached hydrogens (tertiary/aromatic N) is 3. The van der Waals surface area contributed by atoms with Gasteiger partial charge in [0.25, 0.3) is 0 Å². The molecule has 0 aromatic heterocycles. The van der Waals surface area contributed by atoms with Gasteiger partial charge in [-0.1, -0.05) is 12.1 Å². The molecule has 0 saturated carbocycles. The second-order valence-electron chi connectivity index (χ2n) is 5.72. The van der Waals surface area contributed by atoms with Crippen LogP contribution in [0.3, 0.4) is 0 Å². The van der Waals surface area contributed by atoms with Gasteiger partial charge >= 0.3 is 12.0 Å². The van der Waals surface area contributed by atoms with E-state index in [1.54, 1.807) is 18.2 Å². The van der Waals surface area contributed by atoms with Crippen molar-refractivity contribution in [2.45, 2.75) is 20.4 Å². The summed E-state index contributed by atoms with van der Waals surface area (Å²) in [6, 6.07) is 7.16. The molecule has 1 aliphatic heterocycles. The van der Waals surface area contributed by atoms with Gasteiger partial charge < -0.3 is 14.9 Å². The topological polar surface area (TPSA) is 64.1 Å². The summed E-state index contributed by atoms with van der Waals surface area (Å²) in [5.74, 6) is -0.901. The fourth-order valence-electron chi connectivity index (χ4n) is 2.85. The number of hydrogen-bond donors (Lipinski definition) is 1. The van der Waals surface area contributed by atoms with E-state index < -0.39 is 5.97 Å². The first-order valence-electron chi connectivity index (χ1n) is 8.13. The number of carbonyl (C=O) groups excluding carboxylic acids is 1. The van der Waals surface area contributed by atoms with Crippen LogP contribution in [0.25, 0.3) is 0 Å². The summed E-state index contributed by atoms with van der Waals surface area (Å²) in [6.07, 6.45) is 0. The minimum atomic E-state index is -0.901. The molecule has 1 heterocycles. The van der Waals surface area contributed by atoms with Crippen molar-refractivity contribution in [2.24, 2.45) is 0 Å². The van der Waals surface area contributed by atoms with Gasteiger partial charge in [-0.25, -0.2) is 9.59 Å². The van der Waals surface area contributed by atoms with E-state index in [0.717, 1.165) is 31.7 Å². The summed E-state index contributed by atoms with van der Waals surface area (Å²) in [7, 11) is 0. The van der Waals surface area contributed by atoms with Crippen molar-refractivity contribution in [1.82, 2.24) is 14.7 Å². The van der Waals surface area contributed by atoms with Gasteiger partial charge in [0, 0.05) is 45.8 Å². The summed E-state index contributed by atoms with van der Waals surface area (Å²) in [6.45, 7) is 9.22. The predicted molar refractivity (Wildman–Crippen MR) is 88.6 cm³/mol. The number of aromatic carboxylic acids is 1. The lowest BCUT2D eigenvalue weighted by Gasteiger charge is -2.37. The Labute approximate surface area is 137 Å². The molecule has 0 unspecified atom stereocenters. The number of piperazine rings is 1. The quantitative estimate of drug-likeness (QED) is 0.901. The number of carboxylic acids is 1. The van der Waals surface area contributed by atoms with Crippen LogP contribution in [0.2, 0.25) is 0 Å². The van der Waals surface area contributed by atoms with Crippen molar-refractivity contribution in [3.63, 3.8) is 0 Å². The van der Waals surface area contributed by atoms with Gasteiger partial charge in [-0.3, -0.25) is 4.90 Å². The zero-order valence-corrected chi connectivity index (χ0v) is 13.9. The molecule has 1 aromatic rings. The molecule has 1 aliphatic rings. The Morgan fingerprint density at radius 1 is 1.13 bits per heavy atom. The third-order valence-corrected chi connectivity index (χ3v) is 4.26. The van der Waals surface area contributed by atoms with E-state index >= 15 is 0 Å². The molecule has 126 valence electrons. The van der Waals surface area contributed by atoms with Crippen molar-refractivity contribution in [2.75, 3.05) is 39.3 Å². The highest BCUT2D eigenvalue weighted by molar-refractivity contribution is 5.87. The zero-order chi connectivity index (χ0) is 16.8. The smallest absolute Gasteiger partial charge is 0.335 e. The Kier molecular flexibility index (Phi) is 5.98. The predicted octanol–water partition coefficient (Wildman–Crippen LogP) is 1.96. The second-order valence-corrected chi connectivity index (χ2v) is 5.72. The van der Waals surface area contributed by atoms with Crippen molar-refractivity contribution >= 4 is 12.0 Å². The number of urea groups is 1. The van der Waals surface area contributed by atoms with Gasteiger partial charge in [0.2, 0.25) is 0 Å². The van der Waals surface area contributed by atoms with E-state index in [2.05, 4.69) is 4.90 Å². The average Bonchev–Trinajstić information content (AvgIpc) is 2.56. The van der Waals surface area contributed by atoms with Crippen LogP contribution in [-0.4, -0.2) is 71.1 Å². The first-order valence-corrected chi connectivity index (χ1v) is 8.13. The Balaban J connectivity index is 1.88. The molecule has 0 atom stereocenters. The fourth-order valence-corrected chi connectivity index (χ4v) is 2.85. The summed E-state index contributed by atoms with van der Waals surface area (Å²) in [4.78, 5) is 29.3. The molecule has 6 heteroatoms. The lowest BCUT2D eigenvalue weighted by Crippen LogP contribution is -2.52. The normalized spacial score (nSPS) is 15.5. The molecule has 0 radical (unpaired) electrons. The third kappa shape index (κ3) is 4.45. The Bertz CT molecular complexity index is 550. The minimum absolute atomic E-state index is 0.113. The van der Waals surface area contributed by atoms with Gasteiger partial charge in [-0.2, -0.15) is 0 Å². The van der Waals surface area contributed by atoms with Crippen molar-refractivity contribution in [1.29, 1.82) is 0 Å². The molecule has 1 fully saturated rings. The maximum atomic E-state index is 12.3. The molecule has 1 N–H and O–H groups in total. The number of carboxylic acid groups (broad SMARTS) is 1. The molecule has 6 nitrogen and oxygen atoms in total. The lowest BCUT2D eigenvalue weighted by atomic mass is 10.1. The molecule has 1 aromatic carbocycles. The Morgan fingerprint density at radius 3 is 2.35 bits per heavy atom. The summed E-state index contributed by atoms with van der Waals surface area (Å²) in [5.41, 5.74) is 1.31. The van der Waals surface area contributed by atoms with Crippen molar-refractivity contribution in [3.05, 3.63) is 35.4 Å². The van der Waals surface area contributed by atoms with E-state index in [9.17, 15) is 9.59 Å². The number of rotatable bonds is 5. The molecule has 23 heavy (non-hydrogen) atoms. The Morgan fingerprint density at radius 2 is 1.78 bits per heavy atom. The van der Waals surface area contributed by atoms with Crippen LogP contribution in [0.1, 0.15) is 29.8 Å². The van der Waals surface area contributed by atoms with Gasteiger partial charge in [-0.05, 0) is 31.5 Å². The average molecular weight is 319 g/mol. The van der Waals surface area contributed by atoms with E-state index in [1.807, 2.05) is 29.7 Å². The standard InChI is InChI=1S/C17H25N3O3/c1-3-19(4-2)17(23)20-10-8-18(9-11-20)13-14-6-5-7-15(12-14)16(21)22/h5-7,12H,3-4,8-11,13H2,1-2H3,(H,21,22). The second kappa shape index (κ2) is 7.97. The molecule has 2 amide bonds. The summed E-state index contributed by atoms with van der Waals surface area (Å²) in [5, 5.41) is 9.05. The molecule has 0 bridgehead atoms. The maximum absolute atomic E-state index is 12.3. The molecule has 1 saturated heterocycles. The summed E-state index contributed by atoms with van der Waals surface area (Å²) < 4.78 is 0. The lowest BCUT2D eigenvalue weighted by molar-refractivity contribution is 0.0696. The fraction of sp³-hybridized carbons (Fsp3) is 0.529. The highest BCUT2D eigenvalue weighted by Crippen LogP contribution is 2.12. The first kappa shape index (κ1) is 17.3. The van der Waals surface area contributed by atoms with Crippen LogP contribution in [0, 0.1) is 0 Å². The van der Waals surface area contributed by atoms with Crippen LogP contribution in [0.15, 0.2) is 24.3 Å². The molecular formula is C17H25N3O3. The van der Waals surface area contributed by atoms with E-state index in [0.29, 0.717) is 25.2 Å². The molecular weight excluding hydrogens is 294 g/mol. The third-order valence-electron chi connectivity index (χ3n) is 4.26. The minimum Gasteiger partial charge on any atom is -0.478 e. The highest BCUT2D eigenvalue weighted by atomic mass is 16.4. The van der Waals surface area contributed by atoms with Crippen LogP contribution in [0.4, 0.5) is 4.79 Å².